The highest BCUT2D eigenvalue weighted by Gasteiger charge is 2.16. The molecule has 2 rings (SSSR count). The number of hydrogen-bond acceptors (Lipinski definition) is 5. The first kappa shape index (κ1) is 17.9. The van der Waals surface area contributed by atoms with Crippen LogP contribution in [0.2, 0.25) is 0 Å². The fraction of sp³-hybridized carbons (Fsp3) is 0.188. The van der Waals surface area contributed by atoms with Crippen molar-refractivity contribution in [1.29, 1.82) is 0 Å². The minimum Gasteiger partial charge on any atom is -0.481 e. The lowest BCUT2D eigenvalue weighted by Gasteiger charge is -2.10. The van der Waals surface area contributed by atoms with E-state index in [9.17, 15) is 9.59 Å². The number of aryl methyl sites for hydroxylation is 1. The lowest BCUT2D eigenvalue weighted by atomic mass is 10.1. The topological polar surface area (TPSA) is 87.7 Å². The molecule has 1 aromatic carbocycles. The number of aliphatic carboxylic acids is 1. The molecule has 0 radical (unpaired) electrons. The highest BCUT2D eigenvalue weighted by atomic mass is 32.1. The number of ether oxygens (including phenoxy) is 1. The second-order valence-corrected chi connectivity index (χ2v) is 6.60. The minimum absolute atomic E-state index is 0.0278. The number of anilines is 2. The molecular formula is C16H16N2O4S2. The summed E-state index contributed by atoms with van der Waals surface area (Å²) in [5.41, 5.74) is 1.85. The molecule has 1 heterocycles. The molecule has 2 aromatic rings. The van der Waals surface area contributed by atoms with Gasteiger partial charge in [0.15, 0.2) is 5.11 Å². The lowest BCUT2D eigenvalue weighted by Crippen LogP contribution is -2.19. The molecule has 0 atom stereocenters. The largest absolute Gasteiger partial charge is 0.481 e. The Balaban J connectivity index is 2.03. The average molecular weight is 364 g/mol. The van der Waals surface area contributed by atoms with Crippen molar-refractivity contribution in [3.05, 3.63) is 46.3 Å². The summed E-state index contributed by atoms with van der Waals surface area (Å²) < 4.78 is 4.75. The standard InChI is InChI=1S/C16H16N2O4S2/c1-9-7-12(15(21)22-2)14(24-9)18-16(23)17-11-5-3-10(4-6-11)8-13(19)20/h3-7H,8H2,1-2H3,(H,19,20)(H2,17,18,23). The van der Waals surface area contributed by atoms with E-state index in [1.807, 2.05) is 6.92 Å². The lowest BCUT2D eigenvalue weighted by molar-refractivity contribution is -0.136. The Morgan fingerprint density at radius 1 is 1.25 bits per heavy atom. The molecule has 0 unspecified atom stereocenters. The van der Waals surface area contributed by atoms with Gasteiger partial charge in [-0.3, -0.25) is 4.79 Å². The third-order valence-electron chi connectivity index (χ3n) is 3.05. The van der Waals surface area contributed by atoms with E-state index in [1.54, 1.807) is 30.3 Å². The molecule has 0 saturated carbocycles. The van der Waals surface area contributed by atoms with Gasteiger partial charge in [-0.2, -0.15) is 0 Å². The van der Waals surface area contributed by atoms with Gasteiger partial charge in [0.25, 0.3) is 0 Å². The van der Waals surface area contributed by atoms with Crippen molar-refractivity contribution in [2.45, 2.75) is 13.3 Å². The smallest absolute Gasteiger partial charge is 0.340 e. The van der Waals surface area contributed by atoms with Gasteiger partial charge in [0.2, 0.25) is 0 Å². The van der Waals surface area contributed by atoms with Crippen LogP contribution in [0.5, 0.6) is 0 Å². The van der Waals surface area contributed by atoms with E-state index in [0.29, 0.717) is 21.2 Å². The van der Waals surface area contributed by atoms with Crippen molar-refractivity contribution in [2.24, 2.45) is 0 Å². The van der Waals surface area contributed by atoms with Crippen molar-refractivity contribution in [3.63, 3.8) is 0 Å². The third-order valence-corrected chi connectivity index (χ3v) is 4.22. The van der Waals surface area contributed by atoms with E-state index < -0.39 is 11.9 Å². The van der Waals surface area contributed by atoms with Gasteiger partial charge in [0, 0.05) is 10.6 Å². The van der Waals surface area contributed by atoms with Crippen molar-refractivity contribution in [3.8, 4) is 0 Å². The summed E-state index contributed by atoms with van der Waals surface area (Å²) >= 11 is 6.65. The molecule has 8 heteroatoms. The van der Waals surface area contributed by atoms with Gasteiger partial charge in [0.05, 0.1) is 19.1 Å². The highest BCUT2D eigenvalue weighted by Crippen LogP contribution is 2.28. The SMILES string of the molecule is COC(=O)c1cc(C)sc1NC(=S)Nc1ccc(CC(=O)O)cc1. The summed E-state index contributed by atoms with van der Waals surface area (Å²) in [5.74, 6) is -1.31. The zero-order chi connectivity index (χ0) is 17.7. The Labute approximate surface area is 148 Å². The van der Waals surface area contributed by atoms with Gasteiger partial charge in [-0.25, -0.2) is 4.79 Å². The molecule has 0 spiro atoms. The maximum absolute atomic E-state index is 11.7. The predicted molar refractivity (Wildman–Crippen MR) is 98.0 cm³/mol. The zero-order valence-corrected chi connectivity index (χ0v) is 14.7. The van der Waals surface area contributed by atoms with Gasteiger partial charge in [-0.05, 0) is 42.9 Å². The van der Waals surface area contributed by atoms with Gasteiger partial charge in [-0.1, -0.05) is 12.1 Å². The molecular weight excluding hydrogens is 348 g/mol. The van der Waals surface area contributed by atoms with Crippen LogP contribution in [0, 0.1) is 6.92 Å². The van der Waals surface area contributed by atoms with Crippen LogP contribution in [0.3, 0.4) is 0 Å². The normalized spacial score (nSPS) is 10.1. The molecule has 0 aliphatic rings. The van der Waals surface area contributed by atoms with Crippen LogP contribution >= 0.6 is 23.6 Å². The number of hydrogen-bond donors (Lipinski definition) is 3. The van der Waals surface area contributed by atoms with Gasteiger partial charge in [0.1, 0.15) is 5.00 Å². The summed E-state index contributed by atoms with van der Waals surface area (Å²) in [6, 6.07) is 8.66. The van der Waals surface area contributed by atoms with Crippen LogP contribution < -0.4 is 10.6 Å². The zero-order valence-electron chi connectivity index (χ0n) is 13.1. The number of thiocarbonyl (C=S) groups is 1. The number of carbonyl (C=O) groups is 2. The number of rotatable bonds is 5. The Bertz CT molecular complexity index is 769. The van der Waals surface area contributed by atoms with Crippen molar-refractivity contribution >= 4 is 51.3 Å². The number of benzene rings is 1. The molecule has 0 fully saturated rings. The molecule has 0 amide bonds. The summed E-state index contributed by atoms with van der Waals surface area (Å²) in [5, 5.41) is 15.7. The summed E-state index contributed by atoms with van der Waals surface area (Å²) in [6.45, 7) is 1.89. The van der Waals surface area contributed by atoms with E-state index in [2.05, 4.69) is 10.6 Å². The second-order valence-electron chi connectivity index (χ2n) is 4.94. The van der Waals surface area contributed by atoms with Crippen LogP contribution in [0.1, 0.15) is 20.8 Å². The Hall–Kier alpha value is -2.45. The highest BCUT2D eigenvalue weighted by molar-refractivity contribution is 7.80. The van der Waals surface area contributed by atoms with E-state index in [-0.39, 0.29) is 6.42 Å². The number of carbonyl (C=O) groups excluding carboxylic acids is 1. The van der Waals surface area contributed by atoms with E-state index >= 15 is 0 Å². The molecule has 1 aromatic heterocycles. The first-order valence-electron chi connectivity index (χ1n) is 6.96. The predicted octanol–water partition coefficient (Wildman–Crippen LogP) is 3.28. The molecule has 3 N–H and O–H groups in total. The van der Waals surface area contributed by atoms with Crippen molar-refractivity contribution in [1.82, 2.24) is 0 Å². The summed E-state index contributed by atoms with van der Waals surface area (Å²) in [7, 11) is 1.33. The van der Waals surface area contributed by atoms with Crippen molar-refractivity contribution in [2.75, 3.05) is 17.7 Å². The quantitative estimate of drug-likeness (QED) is 0.554. The first-order valence-corrected chi connectivity index (χ1v) is 8.19. The summed E-state index contributed by atoms with van der Waals surface area (Å²) in [6.07, 6.45) is -0.0278. The van der Waals surface area contributed by atoms with Crippen LogP contribution in [-0.2, 0) is 16.0 Å². The molecule has 0 bridgehead atoms. The van der Waals surface area contributed by atoms with Crippen LogP contribution in [0.25, 0.3) is 0 Å². The number of carboxylic acid groups (broad SMARTS) is 1. The molecule has 6 nitrogen and oxygen atoms in total. The minimum atomic E-state index is -0.878. The molecule has 24 heavy (non-hydrogen) atoms. The van der Waals surface area contributed by atoms with Gasteiger partial charge < -0.3 is 20.5 Å². The Morgan fingerprint density at radius 3 is 2.50 bits per heavy atom. The number of esters is 1. The van der Waals surface area contributed by atoms with Crippen LogP contribution in [0.4, 0.5) is 10.7 Å². The average Bonchev–Trinajstić information content (AvgIpc) is 2.88. The van der Waals surface area contributed by atoms with Gasteiger partial charge >= 0.3 is 11.9 Å². The van der Waals surface area contributed by atoms with Crippen molar-refractivity contribution < 1.29 is 19.4 Å². The fourth-order valence-corrected chi connectivity index (χ4v) is 3.20. The number of carboxylic acids is 1. The van der Waals surface area contributed by atoms with E-state index in [4.69, 9.17) is 22.1 Å². The Morgan fingerprint density at radius 2 is 1.92 bits per heavy atom. The molecule has 126 valence electrons. The number of nitrogens with one attached hydrogen (secondary N) is 2. The molecule has 0 aliphatic carbocycles. The Kier molecular flexibility index (Phi) is 5.88. The van der Waals surface area contributed by atoms with E-state index in [0.717, 1.165) is 10.6 Å². The van der Waals surface area contributed by atoms with E-state index in [1.165, 1.54) is 18.4 Å². The van der Waals surface area contributed by atoms with Crippen LogP contribution in [-0.4, -0.2) is 29.3 Å². The summed E-state index contributed by atoms with van der Waals surface area (Å²) in [4.78, 5) is 23.4. The first-order chi connectivity index (χ1) is 11.4. The number of thiophene rings is 1. The number of methoxy groups -OCH3 is 1. The van der Waals surface area contributed by atoms with Crippen LogP contribution in [0.15, 0.2) is 30.3 Å². The third kappa shape index (κ3) is 4.77. The molecule has 0 aliphatic heterocycles. The maximum Gasteiger partial charge on any atom is 0.340 e. The maximum atomic E-state index is 11.7. The molecule has 0 saturated heterocycles. The fourth-order valence-electron chi connectivity index (χ4n) is 2.01. The monoisotopic (exact) mass is 364 g/mol. The second kappa shape index (κ2) is 7.89. The van der Waals surface area contributed by atoms with Gasteiger partial charge in [-0.15, -0.1) is 11.3 Å².